The van der Waals surface area contributed by atoms with E-state index in [-0.39, 0.29) is 11.8 Å². The van der Waals surface area contributed by atoms with Gasteiger partial charge in [-0.25, -0.2) is 0 Å². The largest absolute Gasteiger partial charge is 0.502 e. The molecular weight excluding hydrogens is 301 g/mol. The normalized spacial score (nSPS) is 18.7. The van der Waals surface area contributed by atoms with E-state index in [1.165, 1.54) is 28.4 Å². The number of methoxy groups -OCH3 is 4. The molecule has 1 fully saturated rings. The highest BCUT2D eigenvalue weighted by atomic mass is 16.7. The molecule has 0 bridgehead atoms. The van der Waals surface area contributed by atoms with E-state index in [1.807, 2.05) is 27.7 Å². The van der Waals surface area contributed by atoms with Gasteiger partial charge in [0.15, 0.2) is 11.5 Å². The highest BCUT2D eigenvalue weighted by molar-refractivity contribution is 6.64. The van der Waals surface area contributed by atoms with Crippen molar-refractivity contribution in [3.8, 4) is 23.3 Å². The summed E-state index contributed by atoms with van der Waals surface area (Å²) in [5.74, 6) is 1.33. The second-order valence-electron chi connectivity index (χ2n) is 6.20. The number of hydrogen-bond donors (Lipinski definition) is 0. The van der Waals surface area contributed by atoms with Gasteiger partial charge in [0.05, 0.1) is 45.1 Å². The quantitative estimate of drug-likeness (QED) is 0.758. The van der Waals surface area contributed by atoms with Crippen LogP contribution in [-0.2, 0) is 9.31 Å². The molecule has 0 N–H and O–H groups in total. The molecule has 7 nitrogen and oxygen atoms in total. The van der Waals surface area contributed by atoms with Crippen molar-refractivity contribution < 1.29 is 28.3 Å². The van der Waals surface area contributed by atoms with Gasteiger partial charge in [-0.05, 0) is 27.7 Å². The molecule has 0 unspecified atom stereocenters. The fraction of sp³-hybridized carbons (Fsp3) is 0.667. The first-order valence-corrected chi connectivity index (χ1v) is 7.32. The second kappa shape index (κ2) is 6.09. The lowest BCUT2D eigenvalue weighted by atomic mass is 9.78. The summed E-state index contributed by atoms with van der Waals surface area (Å²) in [4.78, 5) is 4.25. The fourth-order valence-electron chi connectivity index (χ4n) is 2.37. The van der Waals surface area contributed by atoms with Crippen molar-refractivity contribution in [3.05, 3.63) is 0 Å². The van der Waals surface area contributed by atoms with Crippen molar-refractivity contribution in [2.24, 2.45) is 0 Å². The van der Waals surface area contributed by atoms with Crippen LogP contribution in [0.1, 0.15) is 27.7 Å². The van der Waals surface area contributed by atoms with Crippen molar-refractivity contribution in [3.63, 3.8) is 0 Å². The molecule has 0 amide bonds. The minimum absolute atomic E-state index is 0.273. The summed E-state index contributed by atoms with van der Waals surface area (Å²) >= 11 is 0. The van der Waals surface area contributed by atoms with Crippen LogP contribution >= 0.6 is 0 Å². The van der Waals surface area contributed by atoms with Crippen LogP contribution in [0.5, 0.6) is 23.3 Å². The van der Waals surface area contributed by atoms with Gasteiger partial charge in [0.2, 0.25) is 0 Å². The predicted molar refractivity (Wildman–Crippen MR) is 86.2 cm³/mol. The van der Waals surface area contributed by atoms with Crippen LogP contribution in [-0.4, -0.2) is 51.7 Å². The third kappa shape index (κ3) is 2.81. The number of rotatable bonds is 5. The molecule has 1 aromatic heterocycles. The van der Waals surface area contributed by atoms with Crippen molar-refractivity contribution in [1.82, 2.24) is 4.98 Å². The lowest BCUT2D eigenvalue weighted by Gasteiger charge is -2.32. The Labute approximate surface area is 137 Å². The van der Waals surface area contributed by atoms with Gasteiger partial charge >= 0.3 is 7.12 Å². The molecule has 0 spiro atoms. The van der Waals surface area contributed by atoms with E-state index < -0.39 is 18.3 Å². The predicted octanol–water partition coefficient (Wildman–Crippen LogP) is 1.42. The zero-order valence-corrected chi connectivity index (χ0v) is 15.0. The monoisotopic (exact) mass is 325 g/mol. The Morgan fingerprint density at radius 1 is 0.739 bits per heavy atom. The number of hydrogen-bond acceptors (Lipinski definition) is 7. The third-order valence-electron chi connectivity index (χ3n) is 4.36. The van der Waals surface area contributed by atoms with Gasteiger partial charge in [-0.2, -0.15) is 4.98 Å². The zero-order valence-electron chi connectivity index (χ0n) is 15.0. The number of ether oxygens (including phenoxy) is 4. The van der Waals surface area contributed by atoms with Crippen molar-refractivity contribution >= 4 is 12.6 Å². The third-order valence-corrected chi connectivity index (χ3v) is 4.36. The molecule has 1 aliphatic rings. The van der Waals surface area contributed by atoms with Gasteiger partial charge in [-0.3, -0.25) is 0 Å². The topological polar surface area (TPSA) is 68.3 Å². The van der Waals surface area contributed by atoms with Gasteiger partial charge in [0.25, 0.3) is 11.8 Å². The molecule has 0 radical (unpaired) electrons. The molecule has 128 valence electrons. The van der Waals surface area contributed by atoms with E-state index in [9.17, 15) is 0 Å². The summed E-state index contributed by atoms with van der Waals surface area (Å²) in [5, 5.41) is 0. The van der Waals surface area contributed by atoms with Crippen LogP contribution in [0, 0.1) is 0 Å². The molecule has 1 aliphatic heterocycles. The molecule has 0 aliphatic carbocycles. The molecule has 23 heavy (non-hydrogen) atoms. The molecule has 0 atom stereocenters. The lowest BCUT2D eigenvalue weighted by molar-refractivity contribution is 0.00578. The molecule has 1 saturated heterocycles. The van der Waals surface area contributed by atoms with E-state index >= 15 is 0 Å². The number of aromatic nitrogens is 1. The fourth-order valence-corrected chi connectivity index (χ4v) is 2.37. The van der Waals surface area contributed by atoms with Crippen molar-refractivity contribution in [1.29, 1.82) is 0 Å². The maximum absolute atomic E-state index is 6.11. The lowest BCUT2D eigenvalue weighted by Crippen LogP contribution is -2.41. The van der Waals surface area contributed by atoms with Gasteiger partial charge in [-0.15, -0.1) is 0 Å². The van der Waals surface area contributed by atoms with Crippen LogP contribution in [0.2, 0.25) is 0 Å². The van der Waals surface area contributed by atoms with Crippen molar-refractivity contribution in [2.75, 3.05) is 28.4 Å². The molecule has 0 saturated carbocycles. The van der Waals surface area contributed by atoms with Crippen molar-refractivity contribution in [2.45, 2.75) is 38.9 Å². The average Bonchev–Trinajstić information content (AvgIpc) is 2.72. The second-order valence-corrected chi connectivity index (χ2v) is 6.20. The number of pyridine rings is 1. The maximum Gasteiger partial charge on any atom is 0.502 e. The first-order chi connectivity index (χ1) is 10.7. The minimum Gasteiger partial charge on any atom is -0.491 e. The summed E-state index contributed by atoms with van der Waals surface area (Å²) in [6.07, 6.45) is 0. The minimum atomic E-state index is -0.698. The van der Waals surface area contributed by atoms with Crippen LogP contribution in [0.25, 0.3) is 0 Å². The molecule has 0 aromatic carbocycles. The summed E-state index contributed by atoms with van der Waals surface area (Å²) < 4.78 is 33.8. The summed E-state index contributed by atoms with van der Waals surface area (Å²) in [7, 11) is 5.37. The SMILES string of the molecule is COc1nc(OC)c(OC)c(B2OC(C)(C)C(C)(C)O2)c1OC. The first-order valence-electron chi connectivity index (χ1n) is 7.32. The smallest absolute Gasteiger partial charge is 0.491 e. The Hall–Kier alpha value is -1.67. The van der Waals surface area contributed by atoms with Gasteiger partial charge in [0.1, 0.15) is 0 Å². The Kier molecular flexibility index (Phi) is 4.68. The highest BCUT2D eigenvalue weighted by Gasteiger charge is 2.54. The van der Waals surface area contributed by atoms with E-state index in [1.54, 1.807) is 0 Å². The first kappa shape index (κ1) is 17.7. The van der Waals surface area contributed by atoms with Crippen LogP contribution in [0.15, 0.2) is 0 Å². The van der Waals surface area contributed by atoms with Gasteiger partial charge < -0.3 is 28.3 Å². The van der Waals surface area contributed by atoms with Gasteiger partial charge in [-0.1, -0.05) is 0 Å². The van der Waals surface area contributed by atoms with E-state index in [4.69, 9.17) is 28.3 Å². The van der Waals surface area contributed by atoms with Gasteiger partial charge in [0, 0.05) is 0 Å². The standard InChI is InChI=1S/C15H24BNO6/c1-14(2)15(3,4)23-16(22-14)9-10(18-5)12(20-7)17-13(21-8)11(9)19-6/h1-8H3. The Morgan fingerprint density at radius 3 is 1.43 bits per heavy atom. The Bertz CT molecular complexity index is 544. The molecule has 2 heterocycles. The molecular formula is C15H24BNO6. The number of nitrogens with zero attached hydrogens (tertiary/aromatic N) is 1. The van der Waals surface area contributed by atoms with E-state index in [2.05, 4.69) is 4.98 Å². The molecule has 1 aromatic rings. The Balaban J connectivity index is 2.65. The van der Waals surface area contributed by atoms with Crippen LogP contribution in [0.4, 0.5) is 0 Å². The summed E-state index contributed by atoms with van der Waals surface area (Å²) in [5.41, 5.74) is -0.452. The van der Waals surface area contributed by atoms with Crippen LogP contribution < -0.4 is 24.4 Å². The van der Waals surface area contributed by atoms with Crippen LogP contribution in [0.3, 0.4) is 0 Å². The summed E-state index contributed by atoms with van der Waals surface area (Å²) in [6, 6.07) is 0. The molecule has 8 heteroatoms. The highest BCUT2D eigenvalue weighted by Crippen LogP contribution is 2.41. The average molecular weight is 325 g/mol. The Morgan fingerprint density at radius 2 is 1.13 bits per heavy atom. The van der Waals surface area contributed by atoms with E-state index in [0.717, 1.165) is 0 Å². The maximum atomic E-state index is 6.11. The summed E-state index contributed by atoms with van der Waals surface area (Å²) in [6.45, 7) is 7.90. The van der Waals surface area contributed by atoms with E-state index in [0.29, 0.717) is 17.0 Å². The zero-order chi connectivity index (χ0) is 17.4. The molecule has 2 rings (SSSR count).